The van der Waals surface area contributed by atoms with E-state index in [0.29, 0.717) is 6.42 Å². The first kappa shape index (κ1) is 17.4. The van der Waals surface area contributed by atoms with Crippen molar-refractivity contribution in [3.8, 4) is 0 Å². The Morgan fingerprint density at radius 1 is 1.00 bits per heavy atom. The van der Waals surface area contributed by atoms with Crippen LogP contribution in [0.3, 0.4) is 0 Å². The van der Waals surface area contributed by atoms with Crippen molar-refractivity contribution < 1.29 is 19.1 Å². The van der Waals surface area contributed by atoms with Crippen LogP contribution < -0.4 is 0 Å². The third kappa shape index (κ3) is 6.79. The van der Waals surface area contributed by atoms with Crippen LogP contribution in [-0.2, 0) is 19.1 Å². The molecule has 0 rings (SSSR count). The van der Waals surface area contributed by atoms with Gasteiger partial charge < -0.3 is 9.47 Å². The fourth-order valence-corrected chi connectivity index (χ4v) is 1.87. The lowest BCUT2D eigenvalue weighted by Crippen LogP contribution is -2.30. The Morgan fingerprint density at radius 2 is 1.42 bits per heavy atom. The van der Waals surface area contributed by atoms with E-state index in [4.69, 9.17) is 9.47 Å². The first-order chi connectivity index (χ1) is 9.10. The highest BCUT2D eigenvalue weighted by Crippen LogP contribution is 2.22. The summed E-state index contributed by atoms with van der Waals surface area (Å²) >= 11 is 0. The molecule has 19 heavy (non-hydrogen) atoms. The van der Waals surface area contributed by atoms with E-state index >= 15 is 0 Å². The molecule has 108 valence electrons. The van der Waals surface area contributed by atoms with E-state index in [0.717, 1.165) is 12.8 Å². The van der Waals surface area contributed by atoms with Gasteiger partial charge in [0.15, 0.2) is 5.92 Å². The molecular formula is C15H24O4. The van der Waals surface area contributed by atoms with Crippen molar-refractivity contribution >= 4 is 11.9 Å². The maximum atomic E-state index is 11.8. The molecule has 0 heterocycles. The topological polar surface area (TPSA) is 52.6 Å². The van der Waals surface area contributed by atoms with Gasteiger partial charge >= 0.3 is 11.9 Å². The van der Waals surface area contributed by atoms with Crippen LogP contribution in [0.1, 0.15) is 33.1 Å². The smallest absolute Gasteiger partial charge is 0.320 e. The Morgan fingerprint density at radius 3 is 1.74 bits per heavy atom. The number of carbonyl (C=O) groups is 2. The van der Waals surface area contributed by atoms with Crippen LogP contribution in [0.2, 0.25) is 0 Å². The van der Waals surface area contributed by atoms with Crippen molar-refractivity contribution in [2.75, 3.05) is 13.2 Å². The highest BCUT2D eigenvalue weighted by molar-refractivity contribution is 5.94. The molecule has 0 aliphatic carbocycles. The molecule has 0 atom stereocenters. The van der Waals surface area contributed by atoms with E-state index in [1.807, 2.05) is 0 Å². The third-order valence-electron chi connectivity index (χ3n) is 2.71. The average Bonchev–Trinajstić information content (AvgIpc) is 2.36. The van der Waals surface area contributed by atoms with Crippen molar-refractivity contribution in [3.05, 3.63) is 25.3 Å². The average molecular weight is 268 g/mol. The monoisotopic (exact) mass is 268 g/mol. The van der Waals surface area contributed by atoms with E-state index in [1.54, 1.807) is 26.0 Å². The van der Waals surface area contributed by atoms with E-state index in [1.165, 1.54) is 0 Å². The van der Waals surface area contributed by atoms with Crippen molar-refractivity contribution in [1.82, 2.24) is 0 Å². The fourth-order valence-electron chi connectivity index (χ4n) is 1.87. The lowest BCUT2D eigenvalue weighted by atomic mass is 9.89. The molecule has 4 heteroatoms. The second-order valence-corrected chi connectivity index (χ2v) is 4.21. The lowest BCUT2D eigenvalue weighted by Gasteiger charge is -2.19. The Bertz CT molecular complexity index is 281. The number of allylic oxidation sites excluding steroid dienone is 2. The SMILES string of the molecule is C=CCC(CC=C)CC(C(=O)OCC)C(=O)OCC. The summed E-state index contributed by atoms with van der Waals surface area (Å²) in [7, 11) is 0. The Kier molecular flexibility index (Phi) is 9.49. The largest absolute Gasteiger partial charge is 0.465 e. The van der Waals surface area contributed by atoms with Gasteiger partial charge in [-0.25, -0.2) is 0 Å². The molecule has 4 nitrogen and oxygen atoms in total. The zero-order valence-corrected chi connectivity index (χ0v) is 11.9. The van der Waals surface area contributed by atoms with Crippen molar-refractivity contribution in [2.24, 2.45) is 11.8 Å². The predicted molar refractivity (Wildman–Crippen MR) is 74.5 cm³/mol. The van der Waals surface area contributed by atoms with Crippen LogP contribution in [0.4, 0.5) is 0 Å². The number of hydrogen-bond donors (Lipinski definition) is 0. The molecule has 0 amide bonds. The summed E-state index contributed by atoms with van der Waals surface area (Å²) in [5.41, 5.74) is 0. The minimum Gasteiger partial charge on any atom is -0.465 e. The number of hydrogen-bond acceptors (Lipinski definition) is 4. The van der Waals surface area contributed by atoms with Gasteiger partial charge in [0.05, 0.1) is 13.2 Å². The van der Waals surface area contributed by atoms with Crippen LogP contribution in [0.25, 0.3) is 0 Å². The minimum absolute atomic E-state index is 0.147. The summed E-state index contributed by atoms with van der Waals surface area (Å²) in [6.45, 7) is 11.3. The van der Waals surface area contributed by atoms with Crippen LogP contribution in [-0.4, -0.2) is 25.2 Å². The first-order valence-corrected chi connectivity index (χ1v) is 6.65. The minimum atomic E-state index is -0.857. The molecular weight excluding hydrogens is 244 g/mol. The summed E-state index contributed by atoms with van der Waals surface area (Å²) in [6, 6.07) is 0. The predicted octanol–water partition coefficient (Wildman–Crippen LogP) is 2.89. The molecule has 0 saturated carbocycles. The van der Waals surface area contributed by atoms with Gasteiger partial charge in [0, 0.05) is 0 Å². The van der Waals surface area contributed by atoms with Gasteiger partial charge in [-0.3, -0.25) is 9.59 Å². The van der Waals surface area contributed by atoms with Gasteiger partial charge in [-0.15, -0.1) is 13.2 Å². The van der Waals surface area contributed by atoms with Crippen LogP contribution in [0, 0.1) is 11.8 Å². The highest BCUT2D eigenvalue weighted by Gasteiger charge is 2.31. The van der Waals surface area contributed by atoms with Crippen molar-refractivity contribution in [3.63, 3.8) is 0 Å². The van der Waals surface area contributed by atoms with Crippen LogP contribution in [0.5, 0.6) is 0 Å². The number of rotatable bonds is 10. The summed E-state index contributed by atoms with van der Waals surface area (Å²) in [5.74, 6) is -1.74. The summed E-state index contributed by atoms with van der Waals surface area (Å²) in [5, 5.41) is 0. The van der Waals surface area contributed by atoms with Gasteiger partial charge in [-0.05, 0) is 39.0 Å². The molecule has 0 radical (unpaired) electrons. The number of ether oxygens (including phenoxy) is 2. The van der Waals surface area contributed by atoms with Gasteiger partial charge in [0.1, 0.15) is 0 Å². The maximum Gasteiger partial charge on any atom is 0.320 e. The van der Waals surface area contributed by atoms with Gasteiger partial charge in [0.2, 0.25) is 0 Å². The fraction of sp³-hybridized carbons (Fsp3) is 0.600. The third-order valence-corrected chi connectivity index (χ3v) is 2.71. The lowest BCUT2D eigenvalue weighted by molar-refractivity contribution is -0.162. The van der Waals surface area contributed by atoms with Gasteiger partial charge in [-0.2, -0.15) is 0 Å². The van der Waals surface area contributed by atoms with E-state index in [2.05, 4.69) is 13.2 Å². The molecule has 0 N–H and O–H groups in total. The second kappa shape index (κ2) is 10.4. The van der Waals surface area contributed by atoms with Gasteiger partial charge in [0.25, 0.3) is 0 Å². The summed E-state index contributed by atoms with van der Waals surface area (Å²) < 4.78 is 9.87. The van der Waals surface area contributed by atoms with Crippen molar-refractivity contribution in [1.29, 1.82) is 0 Å². The zero-order valence-electron chi connectivity index (χ0n) is 11.9. The number of carbonyl (C=O) groups excluding carboxylic acids is 2. The molecule has 0 aromatic carbocycles. The molecule has 0 saturated heterocycles. The molecule has 0 aromatic heterocycles. The molecule has 0 aliphatic rings. The molecule has 0 unspecified atom stereocenters. The quantitative estimate of drug-likeness (QED) is 0.347. The molecule has 0 fully saturated rings. The van der Waals surface area contributed by atoms with Gasteiger partial charge in [-0.1, -0.05) is 12.2 Å². The molecule has 0 bridgehead atoms. The Hall–Kier alpha value is -1.58. The molecule has 0 spiro atoms. The normalized spacial score (nSPS) is 10.3. The van der Waals surface area contributed by atoms with E-state index in [-0.39, 0.29) is 19.1 Å². The summed E-state index contributed by atoms with van der Waals surface area (Å²) in [4.78, 5) is 23.7. The summed E-state index contributed by atoms with van der Waals surface area (Å²) in [6.07, 6.45) is 5.40. The Labute approximate surface area is 115 Å². The number of esters is 2. The van der Waals surface area contributed by atoms with Crippen LogP contribution in [0.15, 0.2) is 25.3 Å². The zero-order chi connectivity index (χ0) is 14.7. The van der Waals surface area contributed by atoms with E-state index in [9.17, 15) is 9.59 Å². The molecule has 0 aliphatic heterocycles. The second-order valence-electron chi connectivity index (χ2n) is 4.21. The standard InChI is InChI=1S/C15H24O4/c1-5-9-12(10-6-2)11-13(14(16)18-7-3)15(17)19-8-4/h5-6,12-13H,1-2,7-11H2,3-4H3. The Balaban J connectivity index is 4.79. The first-order valence-electron chi connectivity index (χ1n) is 6.65. The highest BCUT2D eigenvalue weighted by atomic mass is 16.6. The maximum absolute atomic E-state index is 11.8. The van der Waals surface area contributed by atoms with Crippen LogP contribution >= 0.6 is 0 Å². The van der Waals surface area contributed by atoms with E-state index < -0.39 is 17.9 Å². The van der Waals surface area contributed by atoms with Crippen molar-refractivity contribution in [2.45, 2.75) is 33.1 Å². The molecule has 0 aromatic rings.